The molecule has 3 aliphatic carbocycles. The first-order valence-corrected chi connectivity index (χ1v) is 5.74. The van der Waals surface area contributed by atoms with Crippen LogP contribution in [0, 0.1) is 23.7 Å². The van der Waals surface area contributed by atoms with Gasteiger partial charge in [0.1, 0.15) is 0 Å². The van der Waals surface area contributed by atoms with Gasteiger partial charge in [0.15, 0.2) is 11.1 Å². The number of nitrogens with zero attached hydrogens (tertiary/aromatic N) is 2. The van der Waals surface area contributed by atoms with Crippen molar-refractivity contribution in [3.05, 3.63) is 0 Å². The van der Waals surface area contributed by atoms with E-state index in [1.165, 1.54) is 0 Å². The molecule has 3 saturated carbocycles. The first-order valence-electron chi connectivity index (χ1n) is 5.74. The lowest BCUT2D eigenvalue weighted by molar-refractivity contribution is -0.250. The molecule has 2 nitrogen and oxygen atoms in total. The molecule has 8 heteroatoms. The number of hydrogen-bond acceptors (Lipinski definition) is 2. The first kappa shape index (κ1) is 11.0. The minimum atomic E-state index is -4.59. The number of hydrogen-bond donors (Lipinski definition) is 0. The molecular weight excluding hydrogens is 262 g/mol. The van der Waals surface area contributed by atoms with Crippen molar-refractivity contribution < 1.29 is 26.3 Å². The summed E-state index contributed by atoms with van der Waals surface area (Å²) in [4.78, 5) is 0. The van der Waals surface area contributed by atoms with Gasteiger partial charge in [0.05, 0.1) is 0 Å². The topological polar surface area (TPSA) is 24.7 Å². The third-order valence-corrected chi connectivity index (χ3v) is 5.13. The third kappa shape index (κ3) is 0.843. The van der Waals surface area contributed by atoms with E-state index in [9.17, 15) is 26.3 Å². The van der Waals surface area contributed by atoms with Crippen molar-refractivity contribution >= 4 is 0 Å². The van der Waals surface area contributed by atoms with Crippen LogP contribution in [-0.4, -0.2) is 23.4 Å². The second-order valence-electron chi connectivity index (χ2n) is 5.74. The Hall–Kier alpha value is -0.820. The normalized spacial score (nSPS) is 56.1. The molecule has 0 saturated heterocycles. The van der Waals surface area contributed by atoms with Crippen molar-refractivity contribution in [3.8, 4) is 0 Å². The Kier molecular flexibility index (Phi) is 1.49. The molecule has 5 aliphatic rings. The van der Waals surface area contributed by atoms with E-state index in [0.717, 1.165) is 0 Å². The molecule has 2 aliphatic heterocycles. The Morgan fingerprint density at radius 1 is 0.667 bits per heavy atom. The molecule has 2 unspecified atom stereocenters. The van der Waals surface area contributed by atoms with Crippen LogP contribution in [0.2, 0.25) is 0 Å². The van der Waals surface area contributed by atoms with Gasteiger partial charge in [0.2, 0.25) is 0 Å². The highest BCUT2D eigenvalue weighted by atomic mass is 19.4. The molecule has 0 spiro atoms. The van der Waals surface area contributed by atoms with Crippen LogP contribution < -0.4 is 0 Å². The average molecular weight is 270 g/mol. The van der Waals surface area contributed by atoms with Gasteiger partial charge in [-0.15, -0.1) is 0 Å². The fraction of sp³-hybridized carbons (Fsp3) is 1.00. The SMILES string of the molecule is FC(F)(F)C12N=NC(C(F)(F)F)([C@@H]3C[C@@H]31)[C@H]1C[C@H]12. The van der Waals surface area contributed by atoms with Crippen molar-refractivity contribution in [2.45, 2.75) is 36.3 Å². The van der Waals surface area contributed by atoms with Gasteiger partial charge in [-0.3, -0.25) is 0 Å². The Morgan fingerprint density at radius 2 is 0.944 bits per heavy atom. The molecule has 0 aromatic carbocycles. The smallest absolute Gasteiger partial charge is 0.176 e. The minimum absolute atomic E-state index is 0.0565. The standard InChI is InChI=1S/C10H8F6N2/c11-9(12,13)7-3-1-4(3)8(18-17-7,10(14,15)16)6-2-5(6)7/h3-6H,1-2H2/t3-,4+,5+,6-,7?,8?. The van der Waals surface area contributed by atoms with E-state index in [4.69, 9.17) is 0 Å². The molecule has 0 radical (unpaired) electrons. The van der Waals surface area contributed by atoms with E-state index in [0.29, 0.717) is 0 Å². The summed E-state index contributed by atoms with van der Waals surface area (Å²) in [5, 5.41) is 6.33. The Morgan fingerprint density at radius 3 is 1.17 bits per heavy atom. The highest BCUT2D eigenvalue weighted by Crippen LogP contribution is 2.81. The lowest BCUT2D eigenvalue weighted by Gasteiger charge is -2.46. The van der Waals surface area contributed by atoms with Crippen LogP contribution in [0.3, 0.4) is 0 Å². The number of alkyl halides is 6. The van der Waals surface area contributed by atoms with Crippen LogP contribution >= 0.6 is 0 Å². The quantitative estimate of drug-likeness (QED) is 0.603. The zero-order valence-electron chi connectivity index (χ0n) is 8.89. The summed E-state index contributed by atoms with van der Waals surface area (Å²) in [6, 6.07) is 0. The molecule has 2 heterocycles. The molecule has 3 fully saturated rings. The van der Waals surface area contributed by atoms with Crippen molar-refractivity contribution in [1.29, 1.82) is 0 Å². The Bertz CT molecular complexity index is 406. The van der Waals surface area contributed by atoms with Gasteiger partial charge in [-0.1, -0.05) is 0 Å². The summed E-state index contributed by atoms with van der Waals surface area (Å²) >= 11 is 0. The lowest BCUT2D eigenvalue weighted by Crippen LogP contribution is -2.62. The first-order chi connectivity index (χ1) is 8.16. The fourth-order valence-corrected chi connectivity index (χ4v) is 4.30. The molecule has 6 atom stereocenters. The van der Waals surface area contributed by atoms with Crippen LogP contribution in [0.5, 0.6) is 0 Å². The molecule has 0 amide bonds. The lowest BCUT2D eigenvalue weighted by atomic mass is 9.70. The highest BCUT2D eigenvalue weighted by Gasteiger charge is 2.91. The van der Waals surface area contributed by atoms with E-state index < -0.39 is 47.1 Å². The second-order valence-corrected chi connectivity index (χ2v) is 5.74. The van der Waals surface area contributed by atoms with Gasteiger partial charge < -0.3 is 0 Å². The Balaban J connectivity index is 1.90. The van der Waals surface area contributed by atoms with Gasteiger partial charge >= 0.3 is 12.4 Å². The molecule has 0 N–H and O–H groups in total. The Labute approximate surface area is 97.4 Å². The molecule has 100 valence electrons. The number of rotatable bonds is 0. The van der Waals surface area contributed by atoms with E-state index in [2.05, 4.69) is 10.2 Å². The van der Waals surface area contributed by atoms with Crippen LogP contribution in [0.4, 0.5) is 26.3 Å². The van der Waals surface area contributed by atoms with Crippen molar-refractivity contribution in [2.75, 3.05) is 0 Å². The zero-order chi connectivity index (χ0) is 13.1. The van der Waals surface area contributed by atoms with Gasteiger partial charge in [0.25, 0.3) is 0 Å². The van der Waals surface area contributed by atoms with Crippen molar-refractivity contribution in [1.82, 2.24) is 0 Å². The molecule has 18 heavy (non-hydrogen) atoms. The minimum Gasteiger partial charge on any atom is -0.176 e. The van der Waals surface area contributed by atoms with E-state index in [1.54, 1.807) is 0 Å². The van der Waals surface area contributed by atoms with Gasteiger partial charge in [-0.2, -0.15) is 36.6 Å². The molecule has 0 aromatic rings. The molecule has 2 bridgehead atoms. The van der Waals surface area contributed by atoms with Crippen LogP contribution in [0.15, 0.2) is 10.2 Å². The third-order valence-electron chi connectivity index (χ3n) is 5.13. The predicted molar refractivity (Wildman–Crippen MR) is 45.6 cm³/mol. The van der Waals surface area contributed by atoms with Crippen LogP contribution in [0.1, 0.15) is 12.8 Å². The maximum absolute atomic E-state index is 13.2. The van der Waals surface area contributed by atoms with Gasteiger partial charge in [-0.05, 0) is 12.8 Å². The monoisotopic (exact) mass is 270 g/mol. The van der Waals surface area contributed by atoms with E-state index in [-0.39, 0.29) is 12.8 Å². The van der Waals surface area contributed by atoms with Gasteiger partial charge in [0, 0.05) is 23.7 Å². The number of azo groups is 1. The summed E-state index contributed by atoms with van der Waals surface area (Å²) in [5.74, 6) is -4.05. The summed E-state index contributed by atoms with van der Waals surface area (Å²) in [6.45, 7) is 0. The predicted octanol–water partition coefficient (Wildman–Crippen LogP) is 3.34. The van der Waals surface area contributed by atoms with Gasteiger partial charge in [-0.25, -0.2) is 0 Å². The van der Waals surface area contributed by atoms with Crippen LogP contribution in [-0.2, 0) is 0 Å². The molecule has 5 rings (SSSR count). The van der Waals surface area contributed by atoms with Crippen LogP contribution in [0.25, 0.3) is 0 Å². The van der Waals surface area contributed by atoms with Crippen molar-refractivity contribution in [2.24, 2.45) is 33.9 Å². The fourth-order valence-electron chi connectivity index (χ4n) is 4.30. The summed E-state index contributed by atoms with van der Waals surface area (Å²) in [6.07, 6.45) is -9.29. The molecule has 0 aromatic heterocycles. The number of halogens is 6. The summed E-state index contributed by atoms with van der Waals surface area (Å²) < 4.78 is 79.0. The summed E-state index contributed by atoms with van der Waals surface area (Å²) in [5.41, 5.74) is -4.62. The summed E-state index contributed by atoms with van der Waals surface area (Å²) in [7, 11) is 0. The van der Waals surface area contributed by atoms with E-state index >= 15 is 0 Å². The van der Waals surface area contributed by atoms with Crippen molar-refractivity contribution in [3.63, 3.8) is 0 Å². The zero-order valence-corrected chi connectivity index (χ0v) is 8.89. The maximum Gasteiger partial charge on any atom is 0.415 e. The van der Waals surface area contributed by atoms with E-state index in [1.807, 2.05) is 0 Å². The largest absolute Gasteiger partial charge is 0.415 e. The maximum atomic E-state index is 13.2. The second kappa shape index (κ2) is 2.43. The molecular formula is C10H8F6N2. The highest BCUT2D eigenvalue weighted by molar-refractivity contribution is 5.36. The average Bonchev–Trinajstić information content (AvgIpc) is 3.07.